The first-order chi connectivity index (χ1) is 18.8. The van der Waals surface area contributed by atoms with Crippen molar-refractivity contribution in [1.29, 1.82) is 0 Å². The van der Waals surface area contributed by atoms with E-state index in [-0.39, 0.29) is 30.4 Å². The Kier molecular flexibility index (Phi) is 8.97. The lowest BCUT2D eigenvalue weighted by Gasteiger charge is -2.19. The van der Waals surface area contributed by atoms with Crippen LogP contribution in [-0.4, -0.2) is 51.2 Å². The van der Waals surface area contributed by atoms with E-state index < -0.39 is 5.97 Å². The standard InChI is InChI=1S/C31H35N3O4S/c1-6-21-11-10-12-24-22(18-34(28(21)24)19-26(35)33(7-2)8-3)17-25-29(36)27(31(37)38-9-4)30(39-25)32-23-15-13-20(5)14-16-23/h10-18,36H,6-9,19H2,1-5H3/b25-17-,32-30?. The van der Waals surface area contributed by atoms with Crippen LogP contribution in [0.2, 0.25) is 0 Å². The van der Waals surface area contributed by atoms with Crippen LogP contribution in [0.25, 0.3) is 17.0 Å². The van der Waals surface area contributed by atoms with Gasteiger partial charge in [-0.25, -0.2) is 9.79 Å². The summed E-state index contributed by atoms with van der Waals surface area (Å²) in [5.74, 6) is -0.717. The van der Waals surface area contributed by atoms with Gasteiger partial charge in [0.2, 0.25) is 5.91 Å². The summed E-state index contributed by atoms with van der Waals surface area (Å²) in [6, 6.07) is 13.7. The normalized spacial score (nSPS) is 15.5. The van der Waals surface area contributed by atoms with Crippen molar-refractivity contribution < 1.29 is 19.4 Å². The summed E-state index contributed by atoms with van der Waals surface area (Å²) in [6.07, 6.45) is 4.62. The van der Waals surface area contributed by atoms with Crippen molar-refractivity contribution in [1.82, 2.24) is 9.47 Å². The van der Waals surface area contributed by atoms with E-state index in [1.165, 1.54) is 11.8 Å². The Labute approximate surface area is 233 Å². The number of thioether (sulfide) groups is 1. The predicted octanol–water partition coefficient (Wildman–Crippen LogP) is 6.57. The number of ether oxygens (including phenoxy) is 1. The lowest BCUT2D eigenvalue weighted by atomic mass is 10.1. The number of aryl methyl sites for hydroxylation is 2. The molecule has 0 radical (unpaired) electrons. The van der Waals surface area contributed by atoms with Gasteiger partial charge in [-0.15, -0.1) is 0 Å². The largest absolute Gasteiger partial charge is 0.506 e. The number of nitrogens with zero attached hydrogens (tertiary/aromatic N) is 3. The first kappa shape index (κ1) is 28.2. The van der Waals surface area contributed by atoms with Gasteiger partial charge in [0, 0.05) is 30.2 Å². The molecule has 7 nitrogen and oxygen atoms in total. The van der Waals surface area contributed by atoms with Crippen LogP contribution in [0.4, 0.5) is 5.69 Å². The van der Waals surface area contributed by atoms with Crippen LogP contribution in [0.5, 0.6) is 0 Å². The van der Waals surface area contributed by atoms with Crippen LogP contribution >= 0.6 is 11.8 Å². The minimum atomic E-state index is -0.614. The molecule has 0 saturated heterocycles. The van der Waals surface area contributed by atoms with Crippen molar-refractivity contribution in [3.05, 3.63) is 81.6 Å². The molecule has 0 fully saturated rings. The lowest BCUT2D eigenvalue weighted by molar-refractivity contribution is -0.138. The van der Waals surface area contributed by atoms with Crippen LogP contribution in [0.1, 0.15) is 44.4 Å². The molecule has 0 aliphatic carbocycles. The second-order valence-electron chi connectivity index (χ2n) is 9.25. The smallest absolute Gasteiger partial charge is 0.344 e. The number of amides is 1. The number of aliphatic hydroxyl groups excluding tert-OH is 1. The molecule has 0 atom stereocenters. The van der Waals surface area contributed by atoms with E-state index in [0.717, 1.165) is 34.0 Å². The molecule has 204 valence electrons. The van der Waals surface area contributed by atoms with Crippen LogP contribution in [-0.2, 0) is 27.3 Å². The summed E-state index contributed by atoms with van der Waals surface area (Å²) in [7, 11) is 0. The average Bonchev–Trinajstić information content (AvgIpc) is 3.42. The third-order valence-corrected chi connectivity index (χ3v) is 7.76. The molecular weight excluding hydrogens is 510 g/mol. The number of para-hydroxylation sites is 1. The second kappa shape index (κ2) is 12.4. The third-order valence-electron chi connectivity index (χ3n) is 6.74. The Morgan fingerprint density at radius 2 is 1.79 bits per heavy atom. The highest BCUT2D eigenvalue weighted by molar-refractivity contribution is 8.18. The van der Waals surface area contributed by atoms with Gasteiger partial charge >= 0.3 is 5.97 Å². The van der Waals surface area contributed by atoms with E-state index in [4.69, 9.17) is 4.74 Å². The predicted molar refractivity (Wildman–Crippen MR) is 159 cm³/mol. The molecule has 0 unspecified atom stereocenters. The number of rotatable bonds is 9. The summed E-state index contributed by atoms with van der Waals surface area (Å²) >= 11 is 1.23. The van der Waals surface area contributed by atoms with E-state index in [1.807, 2.05) is 78.9 Å². The molecule has 0 bridgehead atoms. The van der Waals surface area contributed by atoms with Gasteiger partial charge in [0.05, 0.1) is 22.7 Å². The fraction of sp³-hybridized carbons (Fsp3) is 0.323. The van der Waals surface area contributed by atoms with Crippen molar-refractivity contribution in [2.45, 2.75) is 47.6 Å². The van der Waals surface area contributed by atoms with Crippen LogP contribution in [0.15, 0.2) is 69.9 Å². The zero-order chi connectivity index (χ0) is 28.1. The molecule has 39 heavy (non-hydrogen) atoms. The maximum absolute atomic E-state index is 13.0. The molecule has 0 spiro atoms. The number of benzene rings is 2. The molecule has 1 N–H and O–H groups in total. The monoisotopic (exact) mass is 545 g/mol. The van der Waals surface area contributed by atoms with E-state index in [1.54, 1.807) is 6.92 Å². The fourth-order valence-electron chi connectivity index (χ4n) is 4.68. The van der Waals surface area contributed by atoms with E-state index in [0.29, 0.717) is 28.7 Å². The number of likely N-dealkylation sites (N-methyl/N-ethyl adjacent to an activating group) is 1. The van der Waals surface area contributed by atoms with Gasteiger partial charge in [-0.3, -0.25) is 4.79 Å². The van der Waals surface area contributed by atoms with Gasteiger partial charge in [0.1, 0.15) is 22.9 Å². The fourth-order valence-corrected chi connectivity index (χ4v) is 5.71. The molecule has 2 heterocycles. The van der Waals surface area contributed by atoms with Gasteiger partial charge in [-0.1, -0.05) is 54.6 Å². The van der Waals surface area contributed by atoms with Crippen LogP contribution in [0.3, 0.4) is 0 Å². The number of carbonyl (C=O) groups is 2. The zero-order valence-electron chi connectivity index (χ0n) is 23.2. The third kappa shape index (κ3) is 5.96. The maximum atomic E-state index is 13.0. The summed E-state index contributed by atoms with van der Waals surface area (Å²) in [5.41, 5.74) is 4.82. The van der Waals surface area contributed by atoms with Crippen molar-refractivity contribution in [2.75, 3.05) is 19.7 Å². The van der Waals surface area contributed by atoms with Crippen molar-refractivity contribution in [3.63, 3.8) is 0 Å². The first-order valence-electron chi connectivity index (χ1n) is 13.4. The molecular formula is C31H35N3O4S. The Morgan fingerprint density at radius 3 is 2.44 bits per heavy atom. The summed E-state index contributed by atoms with van der Waals surface area (Å²) in [4.78, 5) is 32.8. The van der Waals surface area contributed by atoms with Crippen molar-refractivity contribution >= 4 is 51.3 Å². The first-order valence-corrected chi connectivity index (χ1v) is 14.2. The number of fused-ring (bicyclic) bond motifs is 1. The SMILES string of the molecule is CCOC(=O)C1=C(O)/C(=C/c2cn(CC(=O)N(CC)CC)c3c(CC)cccc23)SC1=Nc1ccc(C)cc1. The zero-order valence-corrected chi connectivity index (χ0v) is 24.0. The highest BCUT2D eigenvalue weighted by Gasteiger charge is 2.33. The minimum absolute atomic E-state index is 0.0529. The molecule has 2 aromatic carbocycles. The number of carbonyl (C=O) groups excluding carboxylic acids is 2. The van der Waals surface area contributed by atoms with E-state index in [9.17, 15) is 14.7 Å². The molecule has 4 rings (SSSR count). The van der Waals surface area contributed by atoms with E-state index in [2.05, 4.69) is 18.0 Å². The van der Waals surface area contributed by atoms with Crippen LogP contribution in [0, 0.1) is 6.92 Å². The number of aliphatic imine (C=N–C) groups is 1. The van der Waals surface area contributed by atoms with Gasteiger partial charge < -0.3 is 19.3 Å². The number of esters is 1. The van der Waals surface area contributed by atoms with E-state index >= 15 is 0 Å². The molecule has 1 aromatic heterocycles. The van der Waals surface area contributed by atoms with Gasteiger partial charge in [-0.2, -0.15) is 0 Å². The van der Waals surface area contributed by atoms with Gasteiger partial charge in [-0.05, 0) is 57.9 Å². The maximum Gasteiger partial charge on any atom is 0.344 e. The summed E-state index contributed by atoms with van der Waals surface area (Å²) in [5, 5.41) is 12.6. The van der Waals surface area contributed by atoms with Crippen molar-refractivity contribution in [2.24, 2.45) is 4.99 Å². The van der Waals surface area contributed by atoms with Crippen molar-refractivity contribution in [3.8, 4) is 0 Å². The number of aromatic nitrogens is 1. The highest BCUT2D eigenvalue weighted by Crippen LogP contribution is 2.41. The summed E-state index contributed by atoms with van der Waals surface area (Å²) < 4.78 is 7.24. The Morgan fingerprint density at radius 1 is 1.08 bits per heavy atom. The molecule has 1 aliphatic heterocycles. The topological polar surface area (TPSA) is 84.1 Å². The van der Waals surface area contributed by atoms with Gasteiger partial charge in [0.25, 0.3) is 0 Å². The quantitative estimate of drug-likeness (QED) is 0.307. The molecule has 1 aliphatic rings. The molecule has 1 amide bonds. The number of hydrogen-bond acceptors (Lipinski definition) is 6. The minimum Gasteiger partial charge on any atom is -0.506 e. The lowest BCUT2D eigenvalue weighted by Crippen LogP contribution is -2.33. The summed E-state index contributed by atoms with van der Waals surface area (Å²) in [6.45, 7) is 11.5. The average molecular weight is 546 g/mol. The Bertz CT molecular complexity index is 1480. The number of aliphatic hydroxyl groups is 1. The number of hydrogen-bond donors (Lipinski definition) is 1. The molecule has 0 saturated carbocycles. The Hall–Kier alpha value is -3.78. The Balaban J connectivity index is 1.82. The van der Waals surface area contributed by atoms with Gasteiger partial charge in [0.15, 0.2) is 0 Å². The van der Waals surface area contributed by atoms with Crippen LogP contribution < -0.4 is 0 Å². The highest BCUT2D eigenvalue weighted by atomic mass is 32.2. The molecule has 8 heteroatoms. The molecule has 3 aromatic rings. The second-order valence-corrected chi connectivity index (χ2v) is 10.3.